The molecule has 0 aliphatic heterocycles. The minimum atomic E-state index is -0.612. The van der Waals surface area contributed by atoms with Crippen molar-refractivity contribution in [2.45, 2.75) is 12.5 Å². The number of ether oxygens (including phenoxy) is 1. The van der Waals surface area contributed by atoms with Gasteiger partial charge in [-0.1, -0.05) is 24.3 Å². The largest absolute Gasteiger partial charge is 0.497 e. The SMILES string of the molecule is COc1ccc(CCNC(=O)C(=O)NC[C@@H](c2ccc(N(C)C)cc2)[NH+](C)C)cc1. The van der Waals surface area contributed by atoms with Gasteiger partial charge in [0.05, 0.1) is 27.7 Å². The third-order valence-electron chi connectivity index (χ3n) is 5.04. The summed E-state index contributed by atoms with van der Waals surface area (Å²) in [6.45, 7) is 0.779. The van der Waals surface area contributed by atoms with Gasteiger partial charge >= 0.3 is 11.8 Å². The molecule has 0 saturated carbocycles. The smallest absolute Gasteiger partial charge is 0.309 e. The average Bonchev–Trinajstić information content (AvgIpc) is 2.74. The molecule has 0 heterocycles. The molecule has 0 aliphatic rings. The van der Waals surface area contributed by atoms with E-state index in [0.29, 0.717) is 19.5 Å². The molecular formula is C23H33N4O3+. The van der Waals surface area contributed by atoms with Gasteiger partial charge in [-0.3, -0.25) is 9.59 Å². The minimum Gasteiger partial charge on any atom is -0.497 e. The van der Waals surface area contributed by atoms with Crippen LogP contribution in [0.3, 0.4) is 0 Å². The van der Waals surface area contributed by atoms with E-state index in [1.165, 1.54) is 4.90 Å². The van der Waals surface area contributed by atoms with Crippen LogP contribution in [0.2, 0.25) is 0 Å². The number of rotatable bonds is 9. The molecule has 0 saturated heterocycles. The van der Waals surface area contributed by atoms with Crippen LogP contribution < -0.4 is 25.2 Å². The van der Waals surface area contributed by atoms with E-state index in [4.69, 9.17) is 4.74 Å². The van der Waals surface area contributed by atoms with Gasteiger partial charge < -0.3 is 25.2 Å². The monoisotopic (exact) mass is 413 g/mol. The van der Waals surface area contributed by atoms with E-state index in [2.05, 4.69) is 34.9 Å². The lowest BCUT2D eigenvalue weighted by Crippen LogP contribution is -3.07. The number of nitrogens with one attached hydrogen (secondary N) is 3. The number of quaternary nitrogens is 1. The second kappa shape index (κ2) is 11.2. The number of amides is 2. The van der Waals surface area contributed by atoms with Gasteiger partial charge in [0.2, 0.25) is 0 Å². The Bertz CT molecular complexity index is 817. The zero-order valence-corrected chi connectivity index (χ0v) is 18.5. The van der Waals surface area contributed by atoms with Crippen molar-refractivity contribution in [1.29, 1.82) is 0 Å². The highest BCUT2D eigenvalue weighted by molar-refractivity contribution is 6.35. The maximum Gasteiger partial charge on any atom is 0.309 e. The summed E-state index contributed by atoms with van der Waals surface area (Å²) >= 11 is 0. The van der Waals surface area contributed by atoms with E-state index in [0.717, 1.165) is 22.6 Å². The van der Waals surface area contributed by atoms with Gasteiger partial charge in [-0.05, 0) is 36.2 Å². The summed E-state index contributed by atoms with van der Waals surface area (Å²) in [5.74, 6) is -0.434. The zero-order chi connectivity index (χ0) is 22.1. The fourth-order valence-corrected chi connectivity index (χ4v) is 3.13. The van der Waals surface area contributed by atoms with Crippen molar-refractivity contribution in [1.82, 2.24) is 10.6 Å². The third kappa shape index (κ3) is 6.77. The molecule has 0 fully saturated rings. The molecule has 2 amide bonds. The second-order valence-electron chi connectivity index (χ2n) is 7.68. The molecule has 0 spiro atoms. The summed E-state index contributed by atoms with van der Waals surface area (Å²) in [4.78, 5) is 27.5. The molecule has 0 unspecified atom stereocenters. The topological polar surface area (TPSA) is 75.1 Å². The Hall–Kier alpha value is -3.06. The number of nitrogens with zero attached hydrogens (tertiary/aromatic N) is 1. The van der Waals surface area contributed by atoms with E-state index in [-0.39, 0.29) is 6.04 Å². The first kappa shape index (κ1) is 23.2. The molecule has 7 nitrogen and oxygen atoms in total. The Morgan fingerprint density at radius 2 is 1.57 bits per heavy atom. The van der Waals surface area contributed by atoms with E-state index in [9.17, 15) is 9.59 Å². The number of carbonyl (C=O) groups is 2. The summed E-state index contributed by atoms with van der Waals surface area (Å²) in [5, 5.41) is 5.44. The Labute approximate surface area is 179 Å². The summed E-state index contributed by atoms with van der Waals surface area (Å²) in [5.41, 5.74) is 3.29. The molecule has 2 aromatic carbocycles. The maximum atomic E-state index is 12.2. The Balaban J connectivity index is 1.83. The van der Waals surface area contributed by atoms with E-state index < -0.39 is 11.8 Å². The van der Waals surface area contributed by atoms with Gasteiger partial charge in [-0.15, -0.1) is 0 Å². The highest BCUT2D eigenvalue weighted by Gasteiger charge is 2.21. The average molecular weight is 414 g/mol. The predicted octanol–water partition coefficient (Wildman–Crippen LogP) is 0.422. The first-order chi connectivity index (χ1) is 14.3. The van der Waals surface area contributed by atoms with Crippen LogP contribution in [0, 0.1) is 0 Å². The van der Waals surface area contributed by atoms with Crippen LogP contribution in [-0.2, 0) is 16.0 Å². The normalized spacial score (nSPS) is 11.7. The van der Waals surface area contributed by atoms with E-state index in [1.807, 2.05) is 57.4 Å². The second-order valence-corrected chi connectivity index (χ2v) is 7.68. The molecule has 0 aliphatic carbocycles. The summed E-state index contributed by atoms with van der Waals surface area (Å²) in [7, 11) is 9.68. The standard InChI is InChI=1S/C23H32N4O3/c1-26(2)19-10-8-18(9-11-19)21(27(3)4)16-25-23(29)22(28)24-15-14-17-6-12-20(30-5)13-7-17/h6-13,21H,14-16H2,1-5H3,(H,24,28)(H,25,29)/p+1/t21-/m0/s1. The van der Waals surface area contributed by atoms with Crippen LogP contribution in [0.5, 0.6) is 5.75 Å². The van der Waals surface area contributed by atoms with E-state index in [1.54, 1.807) is 7.11 Å². The predicted molar refractivity (Wildman–Crippen MR) is 119 cm³/mol. The van der Waals surface area contributed by atoms with Crippen LogP contribution >= 0.6 is 0 Å². The molecule has 30 heavy (non-hydrogen) atoms. The molecular weight excluding hydrogens is 380 g/mol. The van der Waals surface area contributed by atoms with Crippen molar-refractivity contribution in [3.63, 3.8) is 0 Å². The number of hydrogen-bond donors (Lipinski definition) is 3. The van der Waals surface area contributed by atoms with Gasteiger partial charge in [0.25, 0.3) is 0 Å². The number of methoxy groups -OCH3 is 1. The van der Waals surface area contributed by atoms with E-state index >= 15 is 0 Å². The van der Waals surface area contributed by atoms with Crippen molar-refractivity contribution < 1.29 is 19.2 Å². The number of anilines is 1. The third-order valence-corrected chi connectivity index (χ3v) is 5.04. The van der Waals surface area contributed by atoms with Crippen molar-refractivity contribution >= 4 is 17.5 Å². The molecule has 3 N–H and O–H groups in total. The quantitative estimate of drug-likeness (QED) is 0.521. The summed E-state index contributed by atoms with van der Waals surface area (Å²) < 4.78 is 5.13. The fraction of sp³-hybridized carbons (Fsp3) is 0.391. The maximum absolute atomic E-state index is 12.2. The van der Waals surface area contributed by atoms with Gasteiger partial charge in [0.1, 0.15) is 11.8 Å². The summed E-state index contributed by atoms with van der Waals surface area (Å²) in [6, 6.07) is 15.9. The molecule has 2 rings (SSSR count). The summed E-state index contributed by atoms with van der Waals surface area (Å²) in [6.07, 6.45) is 0.645. The van der Waals surface area contributed by atoms with Crippen LogP contribution in [0.1, 0.15) is 17.2 Å². The van der Waals surface area contributed by atoms with Gasteiger partial charge in [0, 0.05) is 31.9 Å². The molecule has 0 aromatic heterocycles. The molecule has 1 atom stereocenters. The Morgan fingerprint density at radius 3 is 2.10 bits per heavy atom. The zero-order valence-electron chi connectivity index (χ0n) is 18.5. The number of hydrogen-bond acceptors (Lipinski definition) is 4. The van der Waals surface area contributed by atoms with Crippen molar-refractivity contribution in [3.8, 4) is 5.75 Å². The first-order valence-electron chi connectivity index (χ1n) is 10.1. The van der Waals surface area contributed by atoms with Crippen LogP contribution in [-0.4, -0.2) is 60.2 Å². The lowest BCUT2D eigenvalue weighted by Gasteiger charge is -2.23. The van der Waals surface area contributed by atoms with Crippen molar-refractivity contribution in [2.75, 3.05) is 53.3 Å². The van der Waals surface area contributed by atoms with Crippen molar-refractivity contribution in [3.05, 3.63) is 59.7 Å². The molecule has 0 radical (unpaired) electrons. The van der Waals surface area contributed by atoms with Crippen LogP contribution in [0.4, 0.5) is 5.69 Å². The van der Waals surface area contributed by atoms with Crippen molar-refractivity contribution in [2.24, 2.45) is 0 Å². The molecule has 0 bridgehead atoms. The number of carbonyl (C=O) groups excluding carboxylic acids is 2. The number of likely N-dealkylation sites (N-methyl/N-ethyl adjacent to an activating group) is 1. The van der Waals surface area contributed by atoms with Crippen LogP contribution in [0.25, 0.3) is 0 Å². The Morgan fingerprint density at radius 1 is 0.967 bits per heavy atom. The van der Waals surface area contributed by atoms with Gasteiger partial charge in [-0.25, -0.2) is 0 Å². The minimum absolute atomic E-state index is 0.0530. The van der Waals surface area contributed by atoms with Gasteiger partial charge in [0.15, 0.2) is 0 Å². The number of benzene rings is 2. The highest BCUT2D eigenvalue weighted by Crippen LogP contribution is 2.16. The Kier molecular flexibility index (Phi) is 8.68. The first-order valence-corrected chi connectivity index (χ1v) is 10.1. The molecule has 162 valence electrons. The molecule has 2 aromatic rings. The van der Waals surface area contributed by atoms with Crippen LogP contribution in [0.15, 0.2) is 48.5 Å². The van der Waals surface area contributed by atoms with Gasteiger partial charge in [-0.2, -0.15) is 0 Å². The molecule has 7 heteroatoms. The lowest BCUT2D eigenvalue weighted by molar-refractivity contribution is -0.890. The highest BCUT2D eigenvalue weighted by atomic mass is 16.5. The fourth-order valence-electron chi connectivity index (χ4n) is 3.13. The lowest BCUT2D eigenvalue weighted by atomic mass is 10.1.